The minimum absolute atomic E-state index is 0.0480. The molecular weight excluding hydrogens is 1110 g/mol. The number of carboxylic acids is 3. The maximum atomic E-state index is 14.6. The third-order valence-electron chi connectivity index (χ3n) is 15.1. The van der Waals surface area contributed by atoms with Gasteiger partial charge in [-0.25, -0.2) is 4.79 Å². The summed E-state index contributed by atoms with van der Waals surface area (Å²) < 4.78 is 0. The van der Waals surface area contributed by atoms with Crippen molar-refractivity contribution >= 4 is 77.0 Å². The number of nitrogens with two attached hydrogens (primary N) is 3. The first-order chi connectivity index (χ1) is 40.0. The number of amides is 10. The first kappa shape index (κ1) is 71.3. The summed E-state index contributed by atoms with van der Waals surface area (Å²) in [6.07, 6.45) is -0.444. The van der Waals surface area contributed by atoms with E-state index >= 15 is 0 Å². The van der Waals surface area contributed by atoms with Crippen molar-refractivity contribution < 1.29 is 82.8 Å². The van der Waals surface area contributed by atoms with E-state index in [1.165, 1.54) is 34.1 Å². The predicted molar refractivity (Wildman–Crippen MR) is 305 cm³/mol. The van der Waals surface area contributed by atoms with Crippen LogP contribution >= 0.6 is 0 Å². The minimum atomic E-state index is -1.55. The number of carboxylic acid groups (broad SMARTS) is 3. The number of benzene rings is 1. The number of nitrogens with one attached hydrogen (secondary N) is 7. The Kier molecular flexibility index (Phi) is 29.1. The van der Waals surface area contributed by atoms with Crippen LogP contribution in [0.1, 0.15) is 137 Å². The molecule has 0 radical (unpaired) electrons. The zero-order chi connectivity index (χ0) is 63.8. The van der Waals surface area contributed by atoms with Crippen LogP contribution in [-0.2, 0) is 68.7 Å². The van der Waals surface area contributed by atoms with Crippen molar-refractivity contribution in [2.45, 2.75) is 198 Å². The Morgan fingerprint density at radius 3 is 1.54 bits per heavy atom. The highest BCUT2D eigenvalue weighted by Crippen LogP contribution is 2.24. The number of rotatable bonds is 36. The lowest BCUT2D eigenvalue weighted by Crippen LogP contribution is -2.62. The molecule has 1 aromatic carbocycles. The van der Waals surface area contributed by atoms with Gasteiger partial charge in [0.05, 0.1) is 6.04 Å². The Morgan fingerprint density at radius 1 is 0.553 bits per heavy atom. The highest BCUT2D eigenvalue weighted by Gasteiger charge is 2.43. The van der Waals surface area contributed by atoms with Crippen LogP contribution in [0.3, 0.4) is 0 Å². The molecule has 2 fully saturated rings. The van der Waals surface area contributed by atoms with Crippen molar-refractivity contribution in [3.8, 4) is 5.75 Å². The maximum Gasteiger partial charge on any atom is 0.326 e. The second-order valence-electron chi connectivity index (χ2n) is 22.4. The summed E-state index contributed by atoms with van der Waals surface area (Å²) in [7, 11) is 0. The van der Waals surface area contributed by atoms with Crippen LogP contribution in [0, 0.1) is 17.8 Å². The molecule has 11 atom stereocenters. The van der Waals surface area contributed by atoms with E-state index in [1.807, 2.05) is 0 Å². The van der Waals surface area contributed by atoms with Crippen molar-refractivity contribution in [3.63, 3.8) is 0 Å². The maximum absolute atomic E-state index is 14.6. The number of carbonyl (C=O) groups excluding carboxylic acids is 10. The highest BCUT2D eigenvalue weighted by molar-refractivity contribution is 5.99. The average Bonchev–Trinajstić information content (AvgIpc) is 4.35. The van der Waals surface area contributed by atoms with Crippen molar-refractivity contribution in [1.29, 1.82) is 0 Å². The van der Waals surface area contributed by atoms with Crippen LogP contribution in [0.4, 0.5) is 0 Å². The summed E-state index contributed by atoms with van der Waals surface area (Å²) >= 11 is 0. The van der Waals surface area contributed by atoms with E-state index < -0.39 is 181 Å². The van der Waals surface area contributed by atoms with E-state index in [0.29, 0.717) is 37.7 Å². The van der Waals surface area contributed by atoms with Gasteiger partial charge in [0.1, 0.15) is 60.1 Å². The fraction of sp³-hybridized carbons (Fsp3) is 0.661. The van der Waals surface area contributed by atoms with Crippen LogP contribution in [0.25, 0.3) is 0 Å². The van der Waals surface area contributed by atoms with Crippen LogP contribution in [0.15, 0.2) is 24.3 Å². The predicted octanol–water partition coefficient (Wildman–Crippen LogP) is -1.80. The highest BCUT2D eigenvalue weighted by atomic mass is 16.4. The molecule has 0 unspecified atom stereocenters. The van der Waals surface area contributed by atoms with Crippen molar-refractivity contribution in [2.75, 3.05) is 19.6 Å². The average molecular weight is 1200 g/mol. The molecule has 474 valence electrons. The molecular formula is C56H88N12O17. The lowest BCUT2D eigenvalue weighted by Gasteiger charge is -2.33. The lowest BCUT2D eigenvalue weighted by molar-refractivity contribution is -0.149. The third-order valence-corrected chi connectivity index (χ3v) is 15.1. The molecule has 10 amide bonds. The van der Waals surface area contributed by atoms with E-state index in [4.69, 9.17) is 17.2 Å². The number of hydrogen-bond donors (Lipinski definition) is 14. The van der Waals surface area contributed by atoms with Crippen LogP contribution < -0.4 is 54.4 Å². The zero-order valence-corrected chi connectivity index (χ0v) is 49.3. The number of carbonyl (C=O) groups is 13. The molecule has 0 aromatic heterocycles. The first-order valence-electron chi connectivity index (χ1n) is 28.9. The lowest BCUT2D eigenvalue weighted by atomic mass is 9.95. The third kappa shape index (κ3) is 22.5. The number of aliphatic carboxylic acids is 3. The number of phenols is 1. The summed E-state index contributed by atoms with van der Waals surface area (Å²) in [4.78, 5) is 176. The van der Waals surface area contributed by atoms with Gasteiger partial charge in [0.15, 0.2) is 0 Å². The SMILES string of the molecule is CC[C@H](C)[C@H](NC(=O)[C@@H]1CCCN1C(=O)[C@@H](NC(=O)[C@H](Cc1ccc(O)cc1)NC(=O)[C@H](CCC(=O)O)NC(=O)[C@@H](N)CCC(N)=O)C(C)C)C(=O)N[C@H](C(=O)N[C@@H](CCC(=O)O)C(=O)N[C@@H](CCCCN)C(=O)N1CCC[C@H]1C(=O)O)C(C)C. The van der Waals surface area contributed by atoms with E-state index in [0.717, 1.165) is 0 Å². The fourth-order valence-corrected chi connectivity index (χ4v) is 9.88. The monoisotopic (exact) mass is 1200 g/mol. The van der Waals surface area contributed by atoms with E-state index in [-0.39, 0.29) is 63.9 Å². The number of primary amides is 1. The van der Waals surface area contributed by atoms with Gasteiger partial charge in [0.2, 0.25) is 59.1 Å². The van der Waals surface area contributed by atoms with Gasteiger partial charge in [-0.2, -0.15) is 0 Å². The van der Waals surface area contributed by atoms with Gasteiger partial charge in [-0.3, -0.25) is 57.5 Å². The first-order valence-corrected chi connectivity index (χ1v) is 28.9. The molecule has 0 bridgehead atoms. The van der Waals surface area contributed by atoms with Gasteiger partial charge in [-0.05, 0) is 106 Å². The molecule has 2 aliphatic heterocycles. The van der Waals surface area contributed by atoms with Crippen LogP contribution in [-0.4, -0.2) is 187 Å². The summed E-state index contributed by atoms with van der Waals surface area (Å²) in [6, 6.07) is -7.84. The quantitative estimate of drug-likeness (QED) is 0.0330. The summed E-state index contributed by atoms with van der Waals surface area (Å²) in [5.41, 5.74) is 17.2. The van der Waals surface area contributed by atoms with Gasteiger partial charge >= 0.3 is 17.9 Å². The molecule has 17 N–H and O–H groups in total. The van der Waals surface area contributed by atoms with Gasteiger partial charge < -0.3 is 84.6 Å². The van der Waals surface area contributed by atoms with Crippen LogP contribution in [0.5, 0.6) is 5.75 Å². The molecule has 2 saturated heterocycles. The molecule has 0 saturated carbocycles. The Balaban J connectivity index is 1.87. The van der Waals surface area contributed by atoms with E-state index in [2.05, 4.69) is 37.2 Å². The van der Waals surface area contributed by atoms with Crippen molar-refractivity contribution in [3.05, 3.63) is 29.8 Å². The summed E-state index contributed by atoms with van der Waals surface area (Å²) in [6.45, 7) is 10.3. The van der Waals surface area contributed by atoms with Gasteiger partial charge in [0, 0.05) is 38.8 Å². The Labute approximate surface area is 493 Å². The molecule has 85 heavy (non-hydrogen) atoms. The standard InChI is InChI=1S/C56H88N12O17/c1-7-31(6)46(53(81)64-44(29(2)3)52(80)61-36(21-24-43(73)74)48(76)62-37(12-8-9-25-57)54(82)68-27-11-14-40(68)56(84)85)66-51(79)39-13-10-26-67(39)55(83)45(30(4)5)65-50(78)38(28-32-15-17-33(69)18-16-32)63-49(77)35(20-23-42(71)72)60-47(75)34(58)19-22-41(59)70/h15-18,29-31,34-40,44-46,69H,7-14,19-28,57-58H2,1-6H3,(H2,59,70)(H,60,75)(H,61,80)(H,62,76)(H,63,77)(H,64,81)(H,65,78)(H,66,79)(H,71,72)(H,73,74)(H,84,85)/t31-,34-,35-,36-,37-,38-,39-,40-,44-,45-,46-/m0/s1. The number of aromatic hydroxyl groups is 1. The Morgan fingerprint density at radius 2 is 1.04 bits per heavy atom. The molecule has 2 heterocycles. The van der Waals surface area contributed by atoms with Gasteiger partial charge in [0.25, 0.3) is 0 Å². The second kappa shape index (κ2) is 34.7. The number of nitrogens with zero attached hydrogens (tertiary/aromatic N) is 2. The fourth-order valence-electron chi connectivity index (χ4n) is 9.88. The van der Waals surface area contributed by atoms with E-state index in [1.54, 1.807) is 41.5 Å². The molecule has 29 heteroatoms. The van der Waals surface area contributed by atoms with Gasteiger partial charge in [-0.1, -0.05) is 60.1 Å². The number of hydrogen-bond acceptors (Lipinski definition) is 16. The largest absolute Gasteiger partial charge is 0.508 e. The minimum Gasteiger partial charge on any atom is -0.508 e. The molecule has 3 rings (SSSR count). The van der Waals surface area contributed by atoms with Crippen LogP contribution in [0.2, 0.25) is 0 Å². The number of unbranched alkanes of at least 4 members (excludes halogenated alkanes) is 1. The molecule has 2 aliphatic rings. The summed E-state index contributed by atoms with van der Waals surface area (Å²) in [5, 5.41) is 57.0. The second-order valence-corrected chi connectivity index (χ2v) is 22.4. The Hall–Kier alpha value is -7.95. The normalized spacial score (nSPS) is 18.0. The zero-order valence-electron chi connectivity index (χ0n) is 49.3. The van der Waals surface area contributed by atoms with Gasteiger partial charge in [-0.15, -0.1) is 0 Å². The Bertz CT molecular complexity index is 2530. The molecule has 1 aromatic rings. The van der Waals surface area contributed by atoms with Crippen molar-refractivity contribution in [1.82, 2.24) is 47.0 Å². The van der Waals surface area contributed by atoms with Crippen molar-refractivity contribution in [2.24, 2.45) is 35.0 Å². The topological polar surface area (TPSA) is 472 Å². The molecule has 29 nitrogen and oxygen atoms in total. The molecule has 0 spiro atoms. The number of phenolic OH excluding ortho intramolecular Hbond substituents is 1. The number of likely N-dealkylation sites (tertiary alicyclic amines) is 2. The summed E-state index contributed by atoms with van der Waals surface area (Å²) in [5.74, 6) is -14.1. The molecule has 0 aliphatic carbocycles. The smallest absolute Gasteiger partial charge is 0.326 e. The van der Waals surface area contributed by atoms with E-state index in [9.17, 15) is 82.8 Å².